The largest absolute Gasteiger partial charge is 0.341 e. The average Bonchev–Trinajstić information content (AvgIpc) is 2.87. The molecule has 0 bridgehead atoms. The zero-order valence-corrected chi connectivity index (χ0v) is 9.48. The van der Waals surface area contributed by atoms with Crippen LogP contribution < -0.4 is 5.32 Å². The van der Waals surface area contributed by atoms with Crippen LogP contribution in [0.15, 0.2) is 0 Å². The Morgan fingerprint density at radius 2 is 2.36 bits per heavy atom. The van der Waals surface area contributed by atoms with Crippen LogP contribution in [0.4, 0.5) is 0 Å². The summed E-state index contributed by atoms with van der Waals surface area (Å²) in [7, 11) is 1.96. The van der Waals surface area contributed by atoms with Gasteiger partial charge in [0, 0.05) is 18.8 Å². The Morgan fingerprint density at radius 3 is 2.93 bits per heavy atom. The topological polar surface area (TPSA) is 32.3 Å². The van der Waals surface area contributed by atoms with E-state index >= 15 is 0 Å². The predicted octanol–water partition coefficient (Wildman–Crippen LogP) is 0.702. The number of amides is 1. The zero-order chi connectivity index (χ0) is 9.97. The molecule has 2 aliphatic rings. The van der Waals surface area contributed by atoms with Crippen LogP contribution in [0.2, 0.25) is 0 Å². The van der Waals surface area contributed by atoms with Crippen molar-refractivity contribution in [1.29, 1.82) is 0 Å². The molecule has 0 spiro atoms. The zero-order valence-electron chi connectivity index (χ0n) is 8.66. The predicted molar refractivity (Wildman–Crippen MR) is 59.5 cm³/mol. The van der Waals surface area contributed by atoms with E-state index in [1.54, 1.807) is 0 Å². The van der Waals surface area contributed by atoms with E-state index in [1.165, 1.54) is 12.2 Å². The number of nitrogens with one attached hydrogen (secondary N) is 1. The third-order valence-electron chi connectivity index (χ3n) is 3.16. The van der Waals surface area contributed by atoms with Crippen LogP contribution in [0.1, 0.15) is 19.3 Å². The van der Waals surface area contributed by atoms with Crippen molar-refractivity contribution >= 4 is 17.7 Å². The second kappa shape index (κ2) is 4.53. The Labute approximate surface area is 89.6 Å². The summed E-state index contributed by atoms with van der Waals surface area (Å²) in [5, 5.41) is 3.26. The van der Waals surface area contributed by atoms with Gasteiger partial charge in [0.15, 0.2) is 0 Å². The monoisotopic (exact) mass is 214 g/mol. The smallest absolute Gasteiger partial charge is 0.239 e. The van der Waals surface area contributed by atoms with Gasteiger partial charge in [0.2, 0.25) is 5.91 Å². The van der Waals surface area contributed by atoms with E-state index in [9.17, 15) is 4.79 Å². The molecule has 2 fully saturated rings. The lowest BCUT2D eigenvalue weighted by molar-refractivity contribution is -0.133. The van der Waals surface area contributed by atoms with E-state index in [4.69, 9.17) is 0 Å². The first-order valence-electron chi connectivity index (χ1n) is 5.37. The molecule has 2 saturated heterocycles. The number of hydrogen-bond donors (Lipinski definition) is 1. The van der Waals surface area contributed by atoms with Crippen LogP contribution in [0.5, 0.6) is 0 Å². The van der Waals surface area contributed by atoms with Crippen LogP contribution in [-0.4, -0.2) is 48.0 Å². The van der Waals surface area contributed by atoms with Crippen LogP contribution >= 0.6 is 11.8 Å². The lowest BCUT2D eigenvalue weighted by atomic mass is 10.1. The molecule has 0 aromatic heterocycles. The number of likely N-dealkylation sites (N-methyl/N-ethyl adjacent to an activating group) is 1. The summed E-state index contributed by atoms with van der Waals surface area (Å²) in [6.07, 6.45) is 3.33. The van der Waals surface area contributed by atoms with Crippen molar-refractivity contribution in [2.45, 2.75) is 31.3 Å². The normalized spacial score (nSPS) is 32.1. The summed E-state index contributed by atoms with van der Waals surface area (Å²) in [5.74, 6) is 2.63. The molecule has 1 unspecified atom stereocenters. The maximum atomic E-state index is 12.0. The lowest BCUT2D eigenvalue weighted by Crippen LogP contribution is -2.46. The molecule has 4 heteroatoms. The van der Waals surface area contributed by atoms with Gasteiger partial charge in [-0.15, -0.1) is 0 Å². The van der Waals surface area contributed by atoms with Gasteiger partial charge in [-0.05, 0) is 31.6 Å². The van der Waals surface area contributed by atoms with E-state index in [0.717, 1.165) is 25.1 Å². The third-order valence-corrected chi connectivity index (χ3v) is 4.30. The molecule has 0 aromatic carbocycles. The van der Waals surface area contributed by atoms with E-state index in [1.807, 2.05) is 23.7 Å². The second-order valence-corrected chi connectivity index (χ2v) is 5.27. The first-order valence-corrected chi connectivity index (χ1v) is 6.52. The third kappa shape index (κ3) is 2.06. The molecule has 80 valence electrons. The van der Waals surface area contributed by atoms with Gasteiger partial charge < -0.3 is 10.2 Å². The van der Waals surface area contributed by atoms with Crippen LogP contribution in [0, 0.1) is 0 Å². The van der Waals surface area contributed by atoms with Crippen molar-refractivity contribution in [3.8, 4) is 0 Å². The number of carbonyl (C=O) groups is 1. The summed E-state index contributed by atoms with van der Waals surface area (Å²) in [4.78, 5) is 13.9. The number of thioether (sulfide) groups is 1. The Kier molecular flexibility index (Phi) is 3.34. The minimum absolute atomic E-state index is 0.102. The van der Waals surface area contributed by atoms with Crippen molar-refractivity contribution < 1.29 is 4.79 Å². The Morgan fingerprint density at radius 1 is 1.50 bits per heavy atom. The Bertz CT molecular complexity index is 210. The molecule has 0 aliphatic carbocycles. The molecule has 1 N–H and O–H groups in total. The summed E-state index contributed by atoms with van der Waals surface area (Å²) in [5.41, 5.74) is 0. The summed E-state index contributed by atoms with van der Waals surface area (Å²) in [6.45, 7) is 1.00. The van der Waals surface area contributed by atoms with E-state index < -0.39 is 0 Å². The molecule has 14 heavy (non-hydrogen) atoms. The molecule has 1 amide bonds. The maximum Gasteiger partial charge on any atom is 0.239 e. The van der Waals surface area contributed by atoms with Gasteiger partial charge in [-0.3, -0.25) is 4.79 Å². The molecule has 0 aromatic rings. The van der Waals surface area contributed by atoms with Gasteiger partial charge >= 0.3 is 0 Å². The lowest BCUT2D eigenvalue weighted by Gasteiger charge is -2.26. The minimum atomic E-state index is 0.102. The molecule has 0 radical (unpaired) electrons. The Hall–Kier alpha value is -0.220. The second-order valence-electron chi connectivity index (χ2n) is 4.12. The molecular formula is C10H18N2OS. The first kappa shape index (κ1) is 10.3. The van der Waals surface area contributed by atoms with E-state index in [2.05, 4.69) is 5.32 Å². The van der Waals surface area contributed by atoms with Crippen molar-refractivity contribution in [2.24, 2.45) is 0 Å². The number of rotatable bonds is 2. The van der Waals surface area contributed by atoms with Crippen molar-refractivity contribution in [3.63, 3.8) is 0 Å². The van der Waals surface area contributed by atoms with Gasteiger partial charge in [-0.25, -0.2) is 0 Å². The highest BCUT2D eigenvalue weighted by molar-refractivity contribution is 7.99. The van der Waals surface area contributed by atoms with E-state index in [-0.39, 0.29) is 6.04 Å². The number of carbonyl (C=O) groups excluding carboxylic acids is 1. The first-order chi connectivity index (χ1) is 6.79. The van der Waals surface area contributed by atoms with Crippen molar-refractivity contribution in [2.75, 3.05) is 25.1 Å². The molecule has 3 nitrogen and oxygen atoms in total. The highest BCUT2D eigenvalue weighted by Gasteiger charge is 2.30. The maximum absolute atomic E-state index is 12.0. The molecule has 2 rings (SSSR count). The van der Waals surface area contributed by atoms with Crippen LogP contribution in [0.3, 0.4) is 0 Å². The standard InChI is InChI=1S/C10H18N2OS/c1-12(8-4-6-14-7-8)10(13)9-3-2-5-11-9/h8-9,11H,2-7H2,1H3/t8?,9-/m0/s1. The van der Waals surface area contributed by atoms with E-state index in [0.29, 0.717) is 11.9 Å². The van der Waals surface area contributed by atoms with Gasteiger partial charge in [0.25, 0.3) is 0 Å². The Balaban J connectivity index is 1.89. The van der Waals surface area contributed by atoms with Crippen molar-refractivity contribution in [1.82, 2.24) is 10.2 Å². The quantitative estimate of drug-likeness (QED) is 0.734. The fourth-order valence-electron chi connectivity index (χ4n) is 2.15. The van der Waals surface area contributed by atoms with Gasteiger partial charge in [0.1, 0.15) is 0 Å². The number of nitrogens with zero attached hydrogens (tertiary/aromatic N) is 1. The molecular weight excluding hydrogens is 196 g/mol. The summed E-state index contributed by atoms with van der Waals surface area (Å²) in [6, 6.07) is 0.584. The summed E-state index contributed by atoms with van der Waals surface area (Å²) >= 11 is 1.96. The van der Waals surface area contributed by atoms with Crippen LogP contribution in [-0.2, 0) is 4.79 Å². The minimum Gasteiger partial charge on any atom is -0.341 e. The van der Waals surface area contributed by atoms with Crippen LogP contribution in [0.25, 0.3) is 0 Å². The molecule has 2 atom stereocenters. The van der Waals surface area contributed by atoms with Gasteiger partial charge in [-0.2, -0.15) is 11.8 Å². The highest BCUT2D eigenvalue weighted by atomic mass is 32.2. The summed E-state index contributed by atoms with van der Waals surface area (Å²) < 4.78 is 0. The van der Waals surface area contributed by atoms with Gasteiger partial charge in [-0.1, -0.05) is 0 Å². The molecule has 2 heterocycles. The number of hydrogen-bond acceptors (Lipinski definition) is 3. The van der Waals surface area contributed by atoms with Crippen molar-refractivity contribution in [3.05, 3.63) is 0 Å². The average molecular weight is 214 g/mol. The fourth-order valence-corrected chi connectivity index (χ4v) is 3.42. The highest BCUT2D eigenvalue weighted by Crippen LogP contribution is 2.22. The molecule has 0 saturated carbocycles. The molecule has 2 aliphatic heterocycles. The van der Waals surface area contributed by atoms with Gasteiger partial charge in [0.05, 0.1) is 6.04 Å². The fraction of sp³-hybridized carbons (Fsp3) is 0.900. The SMILES string of the molecule is CN(C(=O)[C@@H]1CCCN1)C1CCSC1.